The average Bonchev–Trinajstić information content (AvgIpc) is 3.89. The third-order valence-electron chi connectivity index (χ3n) is 9.81. The lowest BCUT2D eigenvalue weighted by atomic mass is 9.78. The van der Waals surface area contributed by atoms with Gasteiger partial charge in [0.15, 0.2) is 11.6 Å². The molecule has 0 saturated heterocycles. The number of azo groups is 2. The largest absolute Gasteiger partial charge is 0.417 e. The first kappa shape index (κ1) is 46.9. The number of Topliss-reactive ketones (excluding diaryl/α,β-unsaturated/α-hetero) is 2. The Morgan fingerprint density at radius 3 is 1.21 bits per heavy atom. The molecule has 0 amide bonds. The van der Waals surface area contributed by atoms with E-state index in [1.165, 1.54) is 22.7 Å². The normalized spacial score (nSPS) is 17.4. The number of carbonyl (C=O) groups is 2. The van der Waals surface area contributed by atoms with E-state index in [1.807, 2.05) is 41.5 Å². The standard InChI is InChI=1S/C46H38Br2F6N4O2S2/c1-23-15-25(17-31(41(23)59)43(3,4)5)39(37-11-9-13-61-37)57-55-35-21-29(45(49,50)51)27(19-33(35)47)28-20-34(48)36(22-30(28)46(52,53)54)56-58-40(38-12-10-14-62-38)26-16-24(2)42(60)32(18-26)44(6,7)8/h9-22H,1-8H3/b39-25+,40-26+,57-55+,58-56+. The van der Waals surface area contributed by atoms with Gasteiger partial charge >= 0.3 is 12.4 Å². The summed E-state index contributed by atoms with van der Waals surface area (Å²) in [4.78, 5) is 27.4. The summed E-state index contributed by atoms with van der Waals surface area (Å²) in [5.74, 6) is -0.285. The van der Waals surface area contributed by atoms with Crippen LogP contribution in [0.3, 0.4) is 0 Å². The molecule has 2 aliphatic carbocycles. The Morgan fingerprint density at radius 2 is 0.919 bits per heavy atom. The molecule has 322 valence electrons. The fraction of sp³-hybridized carbons (Fsp3) is 0.261. The minimum atomic E-state index is -5.13. The highest BCUT2D eigenvalue weighted by Crippen LogP contribution is 2.49. The number of allylic oxidation sites excluding steroid dienone is 10. The summed E-state index contributed by atoms with van der Waals surface area (Å²) in [5.41, 5.74) is -2.44. The number of hydrogen-bond donors (Lipinski definition) is 0. The van der Waals surface area contributed by atoms with Gasteiger partial charge in [-0.3, -0.25) is 9.59 Å². The van der Waals surface area contributed by atoms with Crippen LogP contribution in [0, 0.1) is 10.8 Å². The molecule has 2 heterocycles. The molecule has 0 spiro atoms. The summed E-state index contributed by atoms with van der Waals surface area (Å²) >= 11 is 9.14. The first-order valence-electron chi connectivity index (χ1n) is 18.9. The lowest BCUT2D eigenvalue weighted by Crippen LogP contribution is -2.21. The third-order valence-corrected chi connectivity index (χ3v) is 12.8. The molecule has 0 aliphatic heterocycles. The number of hydrogen-bond acceptors (Lipinski definition) is 8. The van der Waals surface area contributed by atoms with Gasteiger partial charge in [-0.25, -0.2) is 0 Å². The zero-order chi connectivity index (χ0) is 45.7. The van der Waals surface area contributed by atoms with Crippen molar-refractivity contribution in [2.45, 2.75) is 67.7 Å². The number of nitrogens with zero attached hydrogens (tertiary/aromatic N) is 4. The van der Waals surface area contributed by atoms with Crippen LogP contribution in [0.25, 0.3) is 22.5 Å². The van der Waals surface area contributed by atoms with Crippen LogP contribution in [0.5, 0.6) is 0 Å². The Balaban J connectivity index is 1.49. The second-order valence-corrected chi connectivity index (χ2v) is 20.2. The minimum absolute atomic E-state index is 0.0616. The molecule has 2 aliphatic rings. The molecule has 2 aromatic heterocycles. The maximum absolute atomic E-state index is 15.0. The number of carbonyl (C=O) groups excluding carboxylic acids is 2. The Labute approximate surface area is 379 Å². The Hall–Kier alpha value is -4.64. The molecule has 0 unspecified atom stereocenters. The van der Waals surface area contributed by atoms with Gasteiger partial charge in [-0.1, -0.05) is 53.7 Å². The van der Waals surface area contributed by atoms with E-state index in [2.05, 4.69) is 52.3 Å². The SMILES string of the molecule is CC1=C/C(=C(\N=N\c2cc(C(F)(F)F)c(-c3cc(Br)c(/N=N/C(=C4\C=C(C)C(=O)C(C(C)(C)C)=C4)c4cccs4)cc3C(F)(F)F)cc2Br)c2cccs2)C=C(C(C)(C)C)C1=O. The van der Waals surface area contributed by atoms with Gasteiger partial charge in [-0.15, -0.1) is 43.1 Å². The van der Waals surface area contributed by atoms with Gasteiger partial charge < -0.3 is 0 Å². The summed E-state index contributed by atoms with van der Waals surface area (Å²) in [6.45, 7) is 14.7. The monoisotopic (exact) mass is 1010 g/mol. The van der Waals surface area contributed by atoms with E-state index in [4.69, 9.17) is 0 Å². The van der Waals surface area contributed by atoms with Crippen LogP contribution in [0.2, 0.25) is 0 Å². The van der Waals surface area contributed by atoms with Crippen molar-refractivity contribution < 1.29 is 35.9 Å². The van der Waals surface area contributed by atoms with Crippen molar-refractivity contribution in [2.24, 2.45) is 31.3 Å². The summed E-state index contributed by atoms with van der Waals surface area (Å²) < 4.78 is 89.7. The number of rotatable bonds is 7. The molecule has 0 N–H and O–H groups in total. The van der Waals surface area contributed by atoms with E-state index in [9.17, 15) is 35.9 Å². The van der Waals surface area contributed by atoms with Crippen LogP contribution >= 0.6 is 54.5 Å². The number of halogens is 8. The zero-order valence-corrected chi connectivity index (χ0v) is 39.3. The zero-order valence-electron chi connectivity index (χ0n) is 34.5. The van der Waals surface area contributed by atoms with E-state index in [-0.39, 0.29) is 43.3 Å². The second-order valence-electron chi connectivity index (χ2n) is 16.6. The first-order chi connectivity index (χ1) is 28.8. The topological polar surface area (TPSA) is 83.6 Å². The predicted molar refractivity (Wildman–Crippen MR) is 241 cm³/mol. The molecular formula is C46H38Br2F6N4O2S2. The van der Waals surface area contributed by atoms with Crippen molar-refractivity contribution in [3.8, 4) is 11.1 Å². The smallest absolute Gasteiger partial charge is 0.289 e. The van der Waals surface area contributed by atoms with Gasteiger partial charge in [-0.2, -0.15) is 26.3 Å². The molecule has 16 heteroatoms. The van der Waals surface area contributed by atoms with Gasteiger partial charge in [-0.05, 0) is 150 Å². The highest BCUT2D eigenvalue weighted by Gasteiger charge is 2.40. The van der Waals surface area contributed by atoms with Gasteiger partial charge in [0.2, 0.25) is 0 Å². The van der Waals surface area contributed by atoms with Crippen molar-refractivity contribution in [2.75, 3.05) is 0 Å². The minimum Gasteiger partial charge on any atom is -0.289 e. The highest BCUT2D eigenvalue weighted by atomic mass is 79.9. The summed E-state index contributed by atoms with van der Waals surface area (Å²) in [6, 6.07) is 10.2. The number of ketones is 2. The molecule has 6 rings (SSSR count). The van der Waals surface area contributed by atoms with Crippen molar-refractivity contribution in [3.63, 3.8) is 0 Å². The van der Waals surface area contributed by atoms with Gasteiger partial charge in [0.1, 0.15) is 22.8 Å². The van der Waals surface area contributed by atoms with Crippen molar-refractivity contribution in [1.29, 1.82) is 0 Å². The van der Waals surface area contributed by atoms with E-state index >= 15 is 0 Å². The highest BCUT2D eigenvalue weighted by molar-refractivity contribution is 9.11. The van der Waals surface area contributed by atoms with Crippen LogP contribution in [-0.4, -0.2) is 11.6 Å². The summed E-state index contributed by atoms with van der Waals surface area (Å²) in [6.07, 6.45) is -3.60. The fourth-order valence-corrected chi connectivity index (χ4v) is 8.97. The number of alkyl halides is 6. The molecule has 0 atom stereocenters. The lowest BCUT2D eigenvalue weighted by molar-refractivity contribution is -0.139. The Kier molecular flexibility index (Phi) is 13.2. The van der Waals surface area contributed by atoms with Crippen LogP contribution < -0.4 is 0 Å². The Bertz CT molecular complexity index is 2550. The molecule has 0 radical (unpaired) electrons. The molecule has 0 bridgehead atoms. The fourth-order valence-electron chi connectivity index (χ4n) is 6.66. The first-order valence-corrected chi connectivity index (χ1v) is 22.2. The predicted octanol–water partition coefficient (Wildman–Crippen LogP) is 17.0. The van der Waals surface area contributed by atoms with E-state index in [0.717, 1.165) is 12.1 Å². The van der Waals surface area contributed by atoms with Crippen LogP contribution in [0.1, 0.15) is 76.3 Å². The van der Waals surface area contributed by atoms with Crippen LogP contribution in [0.4, 0.5) is 37.7 Å². The second kappa shape index (κ2) is 17.5. The summed E-state index contributed by atoms with van der Waals surface area (Å²) in [5, 5.41) is 20.8. The number of thiophene rings is 2. The third kappa shape index (κ3) is 10.1. The maximum Gasteiger partial charge on any atom is 0.417 e. The van der Waals surface area contributed by atoms with Crippen molar-refractivity contribution >= 4 is 88.9 Å². The van der Waals surface area contributed by atoms with Crippen molar-refractivity contribution in [3.05, 3.63) is 147 Å². The van der Waals surface area contributed by atoms with Gasteiger partial charge in [0.05, 0.1) is 20.9 Å². The quantitative estimate of drug-likeness (QED) is 0.136. The summed E-state index contributed by atoms with van der Waals surface area (Å²) in [7, 11) is 0. The molecule has 2 aromatic carbocycles. The average molecular weight is 1020 g/mol. The lowest BCUT2D eigenvalue weighted by Gasteiger charge is -2.25. The van der Waals surface area contributed by atoms with E-state index in [0.29, 0.717) is 55.3 Å². The van der Waals surface area contributed by atoms with E-state index in [1.54, 1.807) is 73.2 Å². The molecular weight excluding hydrogens is 978 g/mol. The maximum atomic E-state index is 15.0. The van der Waals surface area contributed by atoms with Crippen LogP contribution in [-0.2, 0) is 21.9 Å². The molecule has 0 fully saturated rings. The van der Waals surface area contributed by atoms with Crippen molar-refractivity contribution in [1.82, 2.24) is 0 Å². The van der Waals surface area contributed by atoms with Gasteiger partial charge in [0, 0.05) is 31.2 Å². The molecule has 4 aromatic rings. The molecule has 62 heavy (non-hydrogen) atoms. The van der Waals surface area contributed by atoms with Gasteiger partial charge in [0.25, 0.3) is 0 Å². The molecule has 0 saturated carbocycles. The number of benzene rings is 2. The molecule has 6 nitrogen and oxygen atoms in total. The Morgan fingerprint density at radius 1 is 0.565 bits per heavy atom. The van der Waals surface area contributed by atoms with Crippen LogP contribution in [0.15, 0.2) is 146 Å². The van der Waals surface area contributed by atoms with E-state index < -0.39 is 45.4 Å².